The quantitative estimate of drug-likeness (QED) is 0.926. The van der Waals surface area contributed by atoms with Crippen LogP contribution in [0.1, 0.15) is 58.4 Å². The Hall–Kier alpha value is -1.19. The Kier molecular flexibility index (Phi) is 3.56. The van der Waals surface area contributed by atoms with E-state index in [0.29, 0.717) is 12.0 Å². The van der Waals surface area contributed by atoms with Crippen LogP contribution < -0.4 is 5.32 Å². The Balaban J connectivity index is 1.61. The van der Waals surface area contributed by atoms with E-state index in [9.17, 15) is 0 Å². The zero-order valence-corrected chi connectivity index (χ0v) is 13.4. The van der Waals surface area contributed by atoms with Crippen LogP contribution in [0.2, 0.25) is 0 Å². The molecule has 1 N–H and O–H groups in total. The number of hydrogen-bond donors (Lipinski definition) is 1. The third-order valence-electron chi connectivity index (χ3n) is 4.82. The van der Waals surface area contributed by atoms with E-state index in [4.69, 9.17) is 4.98 Å². The molecule has 3 heteroatoms. The molecule has 1 unspecified atom stereocenters. The zero-order chi connectivity index (χ0) is 14.2. The molecule has 2 aliphatic carbocycles. The average Bonchev–Trinajstić information content (AvgIpc) is 3.11. The highest BCUT2D eigenvalue weighted by molar-refractivity contribution is 7.12. The lowest BCUT2D eigenvalue weighted by molar-refractivity contribution is 0.476. The largest absolute Gasteiger partial charge is 0.309 e. The minimum atomic E-state index is 0.550. The second-order valence-corrected chi connectivity index (χ2v) is 7.30. The molecule has 0 fully saturated rings. The Labute approximate surface area is 130 Å². The van der Waals surface area contributed by atoms with Crippen LogP contribution in [0.3, 0.4) is 0 Å². The van der Waals surface area contributed by atoms with Crippen molar-refractivity contribution in [3.63, 3.8) is 0 Å². The summed E-state index contributed by atoms with van der Waals surface area (Å²) in [5, 5.41) is 5.01. The van der Waals surface area contributed by atoms with E-state index in [0.717, 1.165) is 6.54 Å². The Morgan fingerprint density at radius 2 is 2.00 bits per heavy atom. The maximum absolute atomic E-state index is 5.03. The number of nitrogens with zero attached hydrogens (tertiary/aromatic N) is 1. The molecule has 0 radical (unpaired) electrons. The number of fused-ring (bicyclic) bond motifs is 2. The highest BCUT2D eigenvalue weighted by atomic mass is 32.1. The van der Waals surface area contributed by atoms with Crippen LogP contribution in [0.25, 0.3) is 0 Å². The Morgan fingerprint density at radius 1 is 1.24 bits per heavy atom. The van der Waals surface area contributed by atoms with Crippen molar-refractivity contribution in [2.24, 2.45) is 0 Å². The third-order valence-corrected chi connectivity index (χ3v) is 6.19. The van der Waals surface area contributed by atoms with Crippen LogP contribution in [0, 0.1) is 0 Å². The van der Waals surface area contributed by atoms with Gasteiger partial charge in [-0.3, -0.25) is 0 Å². The molecular weight excluding hydrogens is 276 g/mol. The molecule has 0 saturated carbocycles. The first kappa shape index (κ1) is 13.5. The highest BCUT2D eigenvalue weighted by Crippen LogP contribution is 2.40. The van der Waals surface area contributed by atoms with Crippen LogP contribution in [0.15, 0.2) is 24.3 Å². The van der Waals surface area contributed by atoms with Gasteiger partial charge in [-0.15, -0.1) is 11.3 Å². The fraction of sp³-hybridized carbons (Fsp3) is 0.500. The maximum atomic E-state index is 5.03. The molecule has 110 valence electrons. The predicted octanol–water partition coefficient (Wildman–Crippen LogP) is 4.01. The van der Waals surface area contributed by atoms with Crippen molar-refractivity contribution in [2.75, 3.05) is 6.54 Å². The van der Waals surface area contributed by atoms with Crippen LogP contribution in [-0.4, -0.2) is 11.5 Å². The first-order valence-corrected chi connectivity index (χ1v) is 8.96. The van der Waals surface area contributed by atoms with Crippen molar-refractivity contribution in [2.45, 2.75) is 51.0 Å². The minimum absolute atomic E-state index is 0.550. The van der Waals surface area contributed by atoms with Crippen molar-refractivity contribution < 1.29 is 0 Å². The molecule has 2 nitrogen and oxygen atoms in total. The summed E-state index contributed by atoms with van der Waals surface area (Å²) in [7, 11) is 0. The number of aryl methyl sites for hydroxylation is 1. The summed E-state index contributed by atoms with van der Waals surface area (Å²) in [6.07, 6.45) is 6.07. The van der Waals surface area contributed by atoms with Gasteiger partial charge < -0.3 is 5.32 Å². The SMILES string of the molecule is CCNC1CCCc2nc(C3Cc4ccccc4C3)sc21. The van der Waals surface area contributed by atoms with Gasteiger partial charge in [0.05, 0.1) is 10.7 Å². The molecule has 0 spiro atoms. The number of nitrogens with one attached hydrogen (secondary N) is 1. The molecule has 0 bridgehead atoms. The van der Waals surface area contributed by atoms with Gasteiger partial charge in [0.1, 0.15) is 0 Å². The molecule has 21 heavy (non-hydrogen) atoms. The maximum Gasteiger partial charge on any atom is 0.0969 e. The molecule has 0 aliphatic heterocycles. The summed E-state index contributed by atoms with van der Waals surface area (Å²) in [5.74, 6) is 0.611. The molecule has 1 heterocycles. The number of aromatic nitrogens is 1. The van der Waals surface area contributed by atoms with Gasteiger partial charge in [-0.2, -0.15) is 0 Å². The summed E-state index contributed by atoms with van der Waals surface area (Å²) in [5.41, 5.74) is 4.43. The van der Waals surface area contributed by atoms with Gasteiger partial charge in [-0.25, -0.2) is 4.98 Å². The number of rotatable bonds is 3. The zero-order valence-electron chi connectivity index (χ0n) is 12.6. The van der Waals surface area contributed by atoms with E-state index < -0.39 is 0 Å². The predicted molar refractivity (Wildman–Crippen MR) is 88.1 cm³/mol. The molecule has 0 amide bonds. The summed E-state index contributed by atoms with van der Waals surface area (Å²) in [4.78, 5) is 6.55. The van der Waals surface area contributed by atoms with Gasteiger partial charge in [0.15, 0.2) is 0 Å². The van der Waals surface area contributed by atoms with Gasteiger partial charge in [0.2, 0.25) is 0 Å². The summed E-state index contributed by atoms with van der Waals surface area (Å²) >= 11 is 1.98. The molecule has 2 aliphatic rings. The molecule has 2 aromatic rings. The van der Waals surface area contributed by atoms with E-state index in [1.807, 2.05) is 11.3 Å². The van der Waals surface area contributed by atoms with Gasteiger partial charge in [-0.1, -0.05) is 31.2 Å². The first-order chi connectivity index (χ1) is 10.3. The van der Waals surface area contributed by atoms with Crippen LogP contribution in [0.5, 0.6) is 0 Å². The first-order valence-electron chi connectivity index (χ1n) is 8.14. The third kappa shape index (κ3) is 2.43. The lowest BCUT2D eigenvalue weighted by Gasteiger charge is -2.21. The van der Waals surface area contributed by atoms with Crippen molar-refractivity contribution in [1.29, 1.82) is 0 Å². The summed E-state index contributed by atoms with van der Waals surface area (Å²) in [6.45, 7) is 3.25. The van der Waals surface area contributed by atoms with E-state index in [-0.39, 0.29) is 0 Å². The molecule has 1 aromatic carbocycles. The van der Waals surface area contributed by atoms with Gasteiger partial charge in [0, 0.05) is 16.8 Å². The van der Waals surface area contributed by atoms with E-state index in [1.54, 1.807) is 0 Å². The van der Waals surface area contributed by atoms with Crippen LogP contribution >= 0.6 is 11.3 Å². The van der Waals surface area contributed by atoms with Crippen molar-refractivity contribution in [1.82, 2.24) is 10.3 Å². The van der Waals surface area contributed by atoms with Crippen molar-refractivity contribution >= 4 is 11.3 Å². The van der Waals surface area contributed by atoms with Crippen LogP contribution in [-0.2, 0) is 19.3 Å². The monoisotopic (exact) mass is 298 g/mol. The fourth-order valence-corrected chi connectivity index (χ4v) is 5.11. The average molecular weight is 298 g/mol. The second kappa shape index (κ2) is 5.54. The Bertz CT molecular complexity index is 621. The second-order valence-electron chi connectivity index (χ2n) is 6.24. The summed E-state index contributed by atoms with van der Waals surface area (Å²) < 4.78 is 0. The summed E-state index contributed by atoms with van der Waals surface area (Å²) in [6, 6.07) is 9.44. The standard InChI is InChI=1S/C18H22N2S/c1-2-19-15-8-5-9-16-17(15)21-18(20-16)14-10-12-6-3-4-7-13(12)11-14/h3-4,6-7,14-15,19H,2,5,8-11H2,1H3. The number of thiazole rings is 1. The van der Waals surface area contributed by atoms with Gasteiger partial charge in [0.25, 0.3) is 0 Å². The number of benzene rings is 1. The molecular formula is C18H22N2S. The molecule has 1 aromatic heterocycles. The fourth-order valence-electron chi connectivity index (χ4n) is 3.79. The molecule has 0 saturated heterocycles. The van der Waals surface area contributed by atoms with Crippen LogP contribution in [0.4, 0.5) is 0 Å². The van der Waals surface area contributed by atoms with Crippen molar-refractivity contribution in [3.05, 3.63) is 51.0 Å². The lowest BCUT2D eigenvalue weighted by atomic mass is 9.98. The normalized spacial score (nSPS) is 21.3. The Morgan fingerprint density at radius 3 is 2.71 bits per heavy atom. The lowest BCUT2D eigenvalue weighted by Crippen LogP contribution is -2.23. The topological polar surface area (TPSA) is 24.9 Å². The molecule has 4 rings (SSSR count). The highest BCUT2D eigenvalue weighted by Gasteiger charge is 2.29. The number of hydrogen-bond acceptors (Lipinski definition) is 3. The van der Waals surface area contributed by atoms with E-state index in [1.165, 1.54) is 58.8 Å². The van der Waals surface area contributed by atoms with E-state index >= 15 is 0 Å². The van der Waals surface area contributed by atoms with Crippen molar-refractivity contribution in [3.8, 4) is 0 Å². The van der Waals surface area contributed by atoms with Gasteiger partial charge >= 0.3 is 0 Å². The van der Waals surface area contributed by atoms with E-state index in [2.05, 4.69) is 36.5 Å². The van der Waals surface area contributed by atoms with Gasteiger partial charge in [-0.05, 0) is 49.8 Å². The molecule has 1 atom stereocenters. The minimum Gasteiger partial charge on any atom is -0.309 e. The smallest absolute Gasteiger partial charge is 0.0969 e.